The Hall–Kier alpha value is -3.81. The maximum atomic E-state index is 13.4. The van der Waals surface area contributed by atoms with Crippen LogP contribution in [-0.2, 0) is 14.3 Å². The van der Waals surface area contributed by atoms with E-state index in [4.69, 9.17) is 18.9 Å². The first-order chi connectivity index (χ1) is 18.7. The quantitative estimate of drug-likeness (QED) is 0.368. The van der Waals surface area contributed by atoms with Gasteiger partial charge in [-0.15, -0.1) is 0 Å². The molecule has 2 aliphatic heterocycles. The lowest BCUT2D eigenvalue weighted by atomic mass is 9.83. The fourth-order valence-electron chi connectivity index (χ4n) is 5.06. The standard InChI is InChI=1S/C31H36O8/c1-18(2)37-25-15-20(13-14-24(25)36-4)23-17-27(33)39-26-16-21-10-6-5-7-11-22(32)12-8-9-19(3)38-31(35)28(21)30(34)29(23)26/h6,10,13-16,18-19,23,34H,5,7-9,11-12,17H2,1-4H3/t19-,23+/m0/s1. The second-order valence-corrected chi connectivity index (χ2v) is 10.4. The lowest BCUT2D eigenvalue weighted by Gasteiger charge is -2.28. The Morgan fingerprint density at radius 3 is 2.56 bits per heavy atom. The fourth-order valence-corrected chi connectivity index (χ4v) is 5.06. The predicted octanol–water partition coefficient (Wildman–Crippen LogP) is 6.11. The van der Waals surface area contributed by atoms with E-state index in [1.165, 1.54) is 0 Å². The SMILES string of the molecule is COc1ccc([C@H]2CC(=O)Oc3cc4c(c(O)c32)C(=O)O[C@@H](C)CCCC(=O)CCCC=C4)cc1OC(C)C. The molecule has 0 fully saturated rings. The van der Waals surface area contributed by atoms with E-state index in [-0.39, 0.29) is 35.4 Å². The molecular formula is C31H36O8. The summed E-state index contributed by atoms with van der Waals surface area (Å²) in [4.78, 5) is 38.2. The molecule has 0 bridgehead atoms. The number of rotatable bonds is 4. The zero-order chi connectivity index (χ0) is 28.1. The summed E-state index contributed by atoms with van der Waals surface area (Å²) in [5.41, 5.74) is 1.47. The Balaban J connectivity index is 1.82. The number of phenolic OH excluding ortho intramolecular Hbond substituents is 1. The van der Waals surface area contributed by atoms with Crippen LogP contribution in [0.5, 0.6) is 23.0 Å². The van der Waals surface area contributed by atoms with Crippen LogP contribution in [0.15, 0.2) is 30.3 Å². The van der Waals surface area contributed by atoms with E-state index in [1.54, 1.807) is 38.3 Å². The summed E-state index contributed by atoms with van der Waals surface area (Å²) in [5, 5.41) is 11.6. The normalized spacial score (nSPS) is 20.4. The Kier molecular flexibility index (Phi) is 8.94. The summed E-state index contributed by atoms with van der Waals surface area (Å²) in [7, 11) is 1.55. The minimum absolute atomic E-state index is 0.0257. The number of Topliss-reactive ketones (excluding diaryl/α,β-unsaturated/α-hetero) is 1. The number of ether oxygens (including phenoxy) is 4. The van der Waals surface area contributed by atoms with E-state index in [0.717, 1.165) is 0 Å². The molecule has 2 atom stereocenters. The predicted molar refractivity (Wildman–Crippen MR) is 146 cm³/mol. The van der Waals surface area contributed by atoms with Crippen molar-refractivity contribution in [2.45, 2.75) is 83.8 Å². The van der Waals surface area contributed by atoms with Crippen molar-refractivity contribution in [2.75, 3.05) is 7.11 Å². The third kappa shape index (κ3) is 6.61. The molecule has 0 unspecified atom stereocenters. The molecular weight excluding hydrogens is 500 g/mol. The van der Waals surface area contributed by atoms with Gasteiger partial charge in [0.1, 0.15) is 22.8 Å². The number of fused-ring (bicyclic) bond motifs is 2. The maximum Gasteiger partial charge on any atom is 0.342 e. The van der Waals surface area contributed by atoms with Gasteiger partial charge in [-0.2, -0.15) is 0 Å². The number of hydrogen-bond donors (Lipinski definition) is 1. The topological polar surface area (TPSA) is 108 Å². The molecule has 8 heteroatoms. The van der Waals surface area contributed by atoms with Gasteiger partial charge in [0.05, 0.1) is 25.7 Å². The van der Waals surface area contributed by atoms with Crippen molar-refractivity contribution >= 4 is 23.8 Å². The lowest BCUT2D eigenvalue weighted by molar-refractivity contribution is -0.135. The molecule has 2 heterocycles. The number of allylic oxidation sites excluding steroid dienone is 1. The number of ketones is 1. The van der Waals surface area contributed by atoms with Gasteiger partial charge in [-0.1, -0.05) is 18.2 Å². The van der Waals surface area contributed by atoms with Gasteiger partial charge in [0.2, 0.25) is 0 Å². The van der Waals surface area contributed by atoms with Gasteiger partial charge in [0, 0.05) is 24.3 Å². The molecule has 0 radical (unpaired) electrons. The summed E-state index contributed by atoms with van der Waals surface area (Å²) < 4.78 is 22.6. The number of carbonyl (C=O) groups is 3. The first kappa shape index (κ1) is 28.2. The van der Waals surface area contributed by atoms with E-state index in [0.29, 0.717) is 66.7 Å². The second kappa shape index (κ2) is 12.4. The maximum absolute atomic E-state index is 13.4. The Morgan fingerprint density at radius 1 is 1.05 bits per heavy atom. The van der Waals surface area contributed by atoms with Crippen LogP contribution in [0, 0.1) is 0 Å². The summed E-state index contributed by atoms with van der Waals surface area (Å²) in [6.45, 7) is 5.58. The van der Waals surface area contributed by atoms with Crippen LogP contribution in [0.25, 0.3) is 6.08 Å². The zero-order valence-corrected chi connectivity index (χ0v) is 23.0. The molecule has 0 aliphatic carbocycles. The molecule has 39 heavy (non-hydrogen) atoms. The summed E-state index contributed by atoms with van der Waals surface area (Å²) in [6, 6.07) is 6.96. The summed E-state index contributed by atoms with van der Waals surface area (Å²) >= 11 is 0. The number of carbonyl (C=O) groups excluding carboxylic acids is 3. The Labute approximate surface area is 228 Å². The number of methoxy groups -OCH3 is 1. The fraction of sp³-hybridized carbons (Fsp3) is 0.452. The van der Waals surface area contributed by atoms with Gasteiger partial charge in [0.15, 0.2) is 11.5 Å². The first-order valence-corrected chi connectivity index (χ1v) is 13.5. The average molecular weight is 537 g/mol. The molecule has 8 nitrogen and oxygen atoms in total. The smallest absolute Gasteiger partial charge is 0.342 e. The van der Waals surface area contributed by atoms with Gasteiger partial charge in [-0.25, -0.2) is 4.79 Å². The van der Waals surface area contributed by atoms with Gasteiger partial charge in [0.25, 0.3) is 0 Å². The summed E-state index contributed by atoms with van der Waals surface area (Å²) in [5.74, 6) is -0.525. The monoisotopic (exact) mass is 536 g/mol. The molecule has 2 aromatic rings. The highest BCUT2D eigenvalue weighted by atomic mass is 16.5. The van der Waals surface area contributed by atoms with Crippen LogP contribution in [0.3, 0.4) is 0 Å². The number of hydrogen-bond acceptors (Lipinski definition) is 8. The van der Waals surface area contributed by atoms with Crippen LogP contribution in [-0.4, -0.2) is 42.1 Å². The van der Waals surface area contributed by atoms with Crippen LogP contribution >= 0.6 is 0 Å². The van der Waals surface area contributed by atoms with Crippen molar-refractivity contribution in [3.05, 3.63) is 52.6 Å². The zero-order valence-electron chi connectivity index (χ0n) is 23.0. The van der Waals surface area contributed by atoms with Crippen LogP contribution in [0.1, 0.15) is 98.7 Å². The molecule has 0 saturated carbocycles. The van der Waals surface area contributed by atoms with Gasteiger partial charge >= 0.3 is 11.9 Å². The second-order valence-electron chi connectivity index (χ2n) is 10.4. The van der Waals surface area contributed by atoms with Crippen molar-refractivity contribution in [1.82, 2.24) is 0 Å². The molecule has 4 rings (SSSR count). The lowest BCUT2D eigenvalue weighted by Crippen LogP contribution is -2.23. The Morgan fingerprint density at radius 2 is 1.82 bits per heavy atom. The van der Waals surface area contributed by atoms with Crippen LogP contribution < -0.4 is 14.2 Å². The van der Waals surface area contributed by atoms with E-state index in [2.05, 4.69) is 0 Å². The van der Waals surface area contributed by atoms with Crippen molar-refractivity contribution in [1.29, 1.82) is 0 Å². The molecule has 0 aromatic heterocycles. The number of esters is 2. The highest BCUT2D eigenvalue weighted by Gasteiger charge is 2.36. The van der Waals surface area contributed by atoms with Crippen LogP contribution in [0.4, 0.5) is 0 Å². The van der Waals surface area contributed by atoms with E-state index in [1.807, 2.05) is 26.0 Å². The molecule has 0 amide bonds. The first-order valence-electron chi connectivity index (χ1n) is 13.5. The summed E-state index contributed by atoms with van der Waals surface area (Å²) in [6.07, 6.45) is 6.41. The van der Waals surface area contributed by atoms with Gasteiger partial charge in [-0.3, -0.25) is 9.59 Å². The number of benzene rings is 2. The third-order valence-electron chi connectivity index (χ3n) is 6.93. The number of cyclic esters (lactones) is 1. The number of aromatic hydroxyl groups is 1. The molecule has 2 aliphatic rings. The largest absolute Gasteiger partial charge is 0.507 e. The third-order valence-corrected chi connectivity index (χ3v) is 6.93. The molecule has 2 aromatic carbocycles. The van der Waals surface area contributed by atoms with E-state index < -0.39 is 24.0 Å². The molecule has 0 spiro atoms. The number of phenols is 1. The average Bonchev–Trinajstić information content (AvgIpc) is 2.87. The minimum Gasteiger partial charge on any atom is -0.507 e. The minimum atomic E-state index is -0.667. The molecule has 208 valence electrons. The molecule has 0 saturated heterocycles. The highest BCUT2D eigenvalue weighted by Crippen LogP contribution is 2.48. The van der Waals surface area contributed by atoms with Crippen molar-refractivity contribution < 1.29 is 38.4 Å². The highest BCUT2D eigenvalue weighted by molar-refractivity contribution is 5.98. The van der Waals surface area contributed by atoms with Crippen molar-refractivity contribution in [3.63, 3.8) is 0 Å². The molecule has 1 N–H and O–H groups in total. The van der Waals surface area contributed by atoms with Gasteiger partial charge in [-0.05, 0) is 75.8 Å². The van der Waals surface area contributed by atoms with Crippen molar-refractivity contribution in [3.8, 4) is 23.0 Å². The van der Waals surface area contributed by atoms with Crippen LogP contribution in [0.2, 0.25) is 0 Å². The van der Waals surface area contributed by atoms with Crippen molar-refractivity contribution in [2.24, 2.45) is 0 Å². The Bertz CT molecular complexity index is 1280. The van der Waals surface area contributed by atoms with E-state index in [9.17, 15) is 19.5 Å². The van der Waals surface area contributed by atoms with E-state index >= 15 is 0 Å². The van der Waals surface area contributed by atoms with Gasteiger partial charge < -0.3 is 24.1 Å².